The maximum atomic E-state index is 10.3. The molecule has 96 valence electrons. The zero-order chi connectivity index (χ0) is 13.5. The number of benzene rings is 1. The van der Waals surface area contributed by atoms with Crippen molar-refractivity contribution < 1.29 is 14.8 Å². The number of nitro groups is 1. The average molecular weight is 249 g/mol. The van der Waals surface area contributed by atoms with Gasteiger partial charge < -0.3 is 9.84 Å². The first-order chi connectivity index (χ1) is 8.58. The summed E-state index contributed by atoms with van der Waals surface area (Å²) in [4.78, 5) is 9.74. The van der Waals surface area contributed by atoms with E-state index < -0.39 is 4.92 Å². The van der Waals surface area contributed by atoms with Crippen molar-refractivity contribution in [1.82, 2.24) is 0 Å². The Morgan fingerprint density at radius 1 is 1.56 bits per heavy atom. The van der Waals surface area contributed by atoms with Gasteiger partial charge in [0.2, 0.25) is 6.20 Å². The van der Waals surface area contributed by atoms with Crippen molar-refractivity contribution in [2.24, 2.45) is 0 Å². The van der Waals surface area contributed by atoms with E-state index in [9.17, 15) is 15.2 Å². The summed E-state index contributed by atoms with van der Waals surface area (Å²) in [6.07, 6.45) is 4.31. The molecule has 0 fully saturated rings. The predicted octanol–water partition coefficient (Wildman–Crippen LogP) is 2.77. The van der Waals surface area contributed by atoms with Gasteiger partial charge in [0.05, 0.1) is 11.5 Å². The van der Waals surface area contributed by atoms with Crippen LogP contribution in [0.25, 0.3) is 6.08 Å². The first-order valence-electron chi connectivity index (χ1n) is 5.49. The highest BCUT2D eigenvalue weighted by Crippen LogP contribution is 2.32. The summed E-state index contributed by atoms with van der Waals surface area (Å²) in [5.74, 6) is 0.370. The summed E-state index contributed by atoms with van der Waals surface area (Å²) in [6, 6.07) is 3.23. The number of phenols is 1. The molecule has 0 atom stereocenters. The summed E-state index contributed by atoms with van der Waals surface area (Å²) in [7, 11) is 0. The van der Waals surface area contributed by atoms with E-state index in [0.29, 0.717) is 29.9 Å². The molecule has 1 rings (SSSR count). The van der Waals surface area contributed by atoms with Gasteiger partial charge in [0.1, 0.15) is 0 Å². The zero-order valence-electron chi connectivity index (χ0n) is 10.1. The van der Waals surface area contributed by atoms with E-state index >= 15 is 0 Å². The van der Waals surface area contributed by atoms with Crippen LogP contribution in [-0.4, -0.2) is 16.6 Å². The molecule has 0 unspecified atom stereocenters. The molecule has 0 saturated heterocycles. The second-order valence-electron chi connectivity index (χ2n) is 3.55. The van der Waals surface area contributed by atoms with Gasteiger partial charge >= 0.3 is 0 Å². The highest BCUT2D eigenvalue weighted by Gasteiger charge is 2.09. The van der Waals surface area contributed by atoms with Gasteiger partial charge in [-0.25, -0.2) is 0 Å². The monoisotopic (exact) mass is 249 g/mol. The minimum atomic E-state index is -0.541. The number of ether oxygens (including phenoxy) is 1. The molecule has 5 heteroatoms. The molecule has 0 aliphatic heterocycles. The SMILES string of the molecule is C=CCc1cc(/C=C/[N+](=O)[O-])cc(OCC)c1O. The van der Waals surface area contributed by atoms with Crippen LogP contribution in [0.3, 0.4) is 0 Å². The van der Waals surface area contributed by atoms with E-state index in [2.05, 4.69) is 6.58 Å². The number of phenolic OH excluding ortho intramolecular Hbond substituents is 1. The Labute approximate surface area is 105 Å². The smallest absolute Gasteiger partial charge is 0.235 e. The molecule has 1 aromatic carbocycles. The predicted molar refractivity (Wildman–Crippen MR) is 69.2 cm³/mol. The summed E-state index contributed by atoms with van der Waals surface area (Å²) in [5, 5.41) is 20.2. The van der Waals surface area contributed by atoms with Crippen molar-refractivity contribution in [1.29, 1.82) is 0 Å². The fraction of sp³-hybridized carbons (Fsp3) is 0.231. The highest BCUT2D eigenvalue weighted by molar-refractivity contribution is 5.58. The van der Waals surface area contributed by atoms with Gasteiger partial charge in [0.15, 0.2) is 11.5 Å². The zero-order valence-corrected chi connectivity index (χ0v) is 10.1. The maximum absolute atomic E-state index is 10.3. The molecule has 1 aromatic rings. The van der Waals surface area contributed by atoms with Crippen LogP contribution in [0.2, 0.25) is 0 Å². The van der Waals surface area contributed by atoms with E-state index in [-0.39, 0.29) is 5.75 Å². The topological polar surface area (TPSA) is 72.6 Å². The van der Waals surface area contributed by atoms with Crippen molar-refractivity contribution >= 4 is 6.08 Å². The summed E-state index contributed by atoms with van der Waals surface area (Å²) >= 11 is 0. The van der Waals surface area contributed by atoms with Gasteiger partial charge in [-0.15, -0.1) is 6.58 Å². The highest BCUT2D eigenvalue weighted by atomic mass is 16.6. The number of allylic oxidation sites excluding steroid dienone is 1. The second kappa shape index (κ2) is 6.44. The third-order valence-corrected chi connectivity index (χ3v) is 2.23. The molecule has 0 aromatic heterocycles. The lowest BCUT2D eigenvalue weighted by atomic mass is 10.1. The normalized spacial score (nSPS) is 10.5. The third kappa shape index (κ3) is 3.62. The molecule has 0 radical (unpaired) electrons. The van der Waals surface area contributed by atoms with Gasteiger partial charge in [-0.05, 0) is 31.0 Å². The first kappa shape index (κ1) is 13.8. The van der Waals surface area contributed by atoms with Gasteiger partial charge in [-0.2, -0.15) is 0 Å². The van der Waals surface area contributed by atoms with Crippen molar-refractivity contribution in [3.05, 3.63) is 52.2 Å². The van der Waals surface area contributed by atoms with Crippen molar-refractivity contribution in [2.75, 3.05) is 6.61 Å². The number of nitrogens with zero attached hydrogens (tertiary/aromatic N) is 1. The van der Waals surface area contributed by atoms with Crippen LogP contribution >= 0.6 is 0 Å². The second-order valence-corrected chi connectivity index (χ2v) is 3.55. The van der Waals surface area contributed by atoms with Crippen LogP contribution in [0.5, 0.6) is 11.5 Å². The lowest BCUT2D eigenvalue weighted by Crippen LogP contribution is -1.95. The van der Waals surface area contributed by atoms with Gasteiger partial charge in [-0.1, -0.05) is 6.08 Å². The summed E-state index contributed by atoms with van der Waals surface area (Å²) in [5.41, 5.74) is 1.23. The molecule has 0 heterocycles. The summed E-state index contributed by atoms with van der Waals surface area (Å²) < 4.78 is 5.28. The van der Waals surface area contributed by atoms with Gasteiger partial charge in [0, 0.05) is 11.6 Å². The Hall–Kier alpha value is -2.30. The Morgan fingerprint density at radius 2 is 2.28 bits per heavy atom. The Kier molecular flexibility index (Phi) is 4.92. The van der Waals surface area contributed by atoms with Crippen LogP contribution in [0.15, 0.2) is 31.0 Å². The molecule has 0 saturated carbocycles. The molecule has 0 spiro atoms. The minimum Gasteiger partial charge on any atom is -0.504 e. The quantitative estimate of drug-likeness (QED) is 0.478. The molecular formula is C13H15NO4. The van der Waals surface area contributed by atoms with Crippen LogP contribution in [-0.2, 0) is 6.42 Å². The van der Waals surface area contributed by atoms with E-state index in [1.165, 1.54) is 6.08 Å². The lowest BCUT2D eigenvalue weighted by Gasteiger charge is -2.10. The minimum absolute atomic E-state index is 0.0509. The standard InChI is InChI=1S/C13H15NO4/c1-3-5-11-8-10(6-7-14(16)17)9-12(13(11)15)18-4-2/h3,6-9,15H,1,4-5H2,2H3/b7-6+. The van der Waals surface area contributed by atoms with Gasteiger partial charge in [0.25, 0.3) is 0 Å². The van der Waals surface area contributed by atoms with Crippen LogP contribution in [0.4, 0.5) is 0 Å². The molecule has 0 aliphatic rings. The van der Waals surface area contributed by atoms with Gasteiger partial charge in [-0.3, -0.25) is 10.1 Å². The van der Waals surface area contributed by atoms with E-state index in [4.69, 9.17) is 4.74 Å². The lowest BCUT2D eigenvalue weighted by molar-refractivity contribution is -0.400. The van der Waals surface area contributed by atoms with E-state index in [0.717, 1.165) is 6.20 Å². The fourth-order valence-electron chi connectivity index (χ4n) is 1.51. The van der Waals surface area contributed by atoms with E-state index in [1.54, 1.807) is 25.1 Å². The molecule has 0 aliphatic carbocycles. The van der Waals surface area contributed by atoms with Crippen molar-refractivity contribution in [2.45, 2.75) is 13.3 Å². The number of hydrogen-bond acceptors (Lipinski definition) is 4. The molecule has 1 N–H and O–H groups in total. The first-order valence-corrected chi connectivity index (χ1v) is 5.49. The number of rotatable bonds is 6. The Balaban J connectivity index is 3.18. The third-order valence-electron chi connectivity index (χ3n) is 2.23. The molecular weight excluding hydrogens is 234 g/mol. The number of aromatic hydroxyl groups is 1. The van der Waals surface area contributed by atoms with Crippen molar-refractivity contribution in [3.63, 3.8) is 0 Å². The van der Waals surface area contributed by atoms with Crippen LogP contribution < -0.4 is 4.74 Å². The average Bonchev–Trinajstić information content (AvgIpc) is 2.32. The molecule has 5 nitrogen and oxygen atoms in total. The van der Waals surface area contributed by atoms with Crippen molar-refractivity contribution in [3.8, 4) is 11.5 Å². The van der Waals surface area contributed by atoms with Crippen LogP contribution in [0, 0.1) is 10.1 Å². The molecule has 0 amide bonds. The maximum Gasteiger partial charge on any atom is 0.235 e. The summed E-state index contributed by atoms with van der Waals surface area (Å²) in [6.45, 7) is 5.80. The molecule has 18 heavy (non-hydrogen) atoms. The van der Waals surface area contributed by atoms with E-state index in [1.807, 2.05) is 0 Å². The molecule has 0 bridgehead atoms. The Morgan fingerprint density at radius 3 is 2.83 bits per heavy atom. The largest absolute Gasteiger partial charge is 0.504 e. The number of hydrogen-bond donors (Lipinski definition) is 1. The fourth-order valence-corrected chi connectivity index (χ4v) is 1.51. The van der Waals surface area contributed by atoms with Crippen LogP contribution in [0.1, 0.15) is 18.1 Å². The Bertz CT molecular complexity index is 480.